The van der Waals surface area contributed by atoms with Crippen LogP contribution in [0.4, 0.5) is 0 Å². The van der Waals surface area contributed by atoms with E-state index in [0.717, 1.165) is 38.5 Å². The van der Waals surface area contributed by atoms with Crippen LogP contribution >= 0.6 is 15.9 Å². The van der Waals surface area contributed by atoms with Gasteiger partial charge >= 0.3 is 23.9 Å². The molecule has 1 atom stereocenters. The lowest BCUT2D eigenvalue weighted by Crippen LogP contribution is -2.25. The van der Waals surface area contributed by atoms with Crippen molar-refractivity contribution in [1.82, 2.24) is 5.32 Å². The van der Waals surface area contributed by atoms with Crippen LogP contribution in [0.5, 0.6) is 11.5 Å². The topological polar surface area (TPSA) is 197 Å². The van der Waals surface area contributed by atoms with Crippen molar-refractivity contribution in [2.45, 2.75) is 159 Å². The van der Waals surface area contributed by atoms with Gasteiger partial charge < -0.3 is 35.2 Å². The number of methoxy groups -OCH3 is 1. The molecule has 57 heavy (non-hydrogen) atoms. The first-order valence-electron chi connectivity index (χ1n) is 20.7. The van der Waals surface area contributed by atoms with Crippen LogP contribution in [-0.4, -0.2) is 74.8 Å². The van der Waals surface area contributed by atoms with E-state index in [2.05, 4.69) is 21.2 Å². The fourth-order valence-electron chi connectivity index (χ4n) is 6.24. The lowest BCUT2D eigenvalue weighted by atomic mass is 10.0. The molecule has 0 bridgehead atoms. The summed E-state index contributed by atoms with van der Waals surface area (Å²) in [5.41, 5.74) is 0.833. The number of rotatable bonds is 28. The molecule has 0 spiro atoms. The molecule has 1 fully saturated rings. The molecule has 0 radical (unpaired) electrons. The summed E-state index contributed by atoms with van der Waals surface area (Å²) < 4.78 is 11.0. The van der Waals surface area contributed by atoms with E-state index in [-0.39, 0.29) is 17.6 Å². The number of carboxylic acid groups (broad SMARTS) is 4. The maximum Gasteiger partial charge on any atom is 0.335 e. The molecule has 3 rings (SSSR count). The molecule has 1 saturated carbocycles. The van der Waals surface area contributed by atoms with Gasteiger partial charge in [-0.05, 0) is 81.7 Å². The Morgan fingerprint density at radius 2 is 1.12 bits per heavy atom. The summed E-state index contributed by atoms with van der Waals surface area (Å²) >= 11 is 3.04. The smallest absolute Gasteiger partial charge is 0.335 e. The molecule has 13 heteroatoms. The number of amides is 1. The third-order valence-corrected chi connectivity index (χ3v) is 10.4. The molecular formula is C44H66BrNO11. The van der Waals surface area contributed by atoms with Gasteiger partial charge in [0, 0.05) is 24.9 Å². The van der Waals surface area contributed by atoms with Crippen LogP contribution in [0, 0.1) is 0 Å². The third kappa shape index (κ3) is 27.2. The predicted octanol–water partition coefficient (Wildman–Crippen LogP) is 10.5. The molecule has 2 aromatic carbocycles. The Bertz CT molecular complexity index is 1390. The lowest BCUT2D eigenvalue weighted by molar-refractivity contribution is -0.138. The summed E-state index contributed by atoms with van der Waals surface area (Å²) in [5, 5.41) is 37.4. The molecule has 320 valence electrons. The Kier molecular flexibility index (Phi) is 29.4. The van der Waals surface area contributed by atoms with E-state index in [1.165, 1.54) is 95.6 Å². The van der Waals surface area contributed by atoms with Gasteiger partial charge in [-0.3, -0.25) is 19.2 Å². The van der Waals surface area contributed by atoms with Crippen molar-refractivity contribution in [3.05, 3.63) is 59.7 Å². The number of aliphatic carboxylic acids is 3. The van der Waals surface area contributed by atoms with Crippen molar-refractivity contribution in [1.29, 1.82) is 0 Å². The van der Waals surface area contributed by atoms with Crippen molar-refractivity contribution in [3.63, 3.8) is 0 Å². The molecule has 0 aromatic heterocycles. The van der Waals surface area contributed by atoms with Crippen LogP contribution in [0.3, 0.4) is 0 Å². The summed E-state index contributed by atoms with van der Waals surface area (Å²) in [6, 6.07) is 13.6. The highest BCUT2D eigenvalue weighted by molar-refractivity contribution is 9.10. The molecular weight excluding hydrogens is 798 g/mol. The minimum Gasteiger partial charge on any atom is -0.493 e. The number of hydrogen-bond donors (Lipinski definition) is 5. The number of nitrogens with one attached hydrogen (secondary N) is 1. The van der Waals surface area contributed by atoms with Crippen molar-refractivity contribution < 1.29 is 53.9 Å². The first-order valence-corrected chi connectivity index (χ1v) is 21.6. The van der Waals surface area contributed by atoms with E-state index >= 15 is 0 Å². The van der Waals surface area contributed by atoms with Crippen LogP contribution in [0.15, 0.2) is 48.5 Å². The molecule has 1 unspecified atom stereocenters. The summed E-state index contributed by atoms with van der Waals surface area (Å²) in [7, 11) is 1.55. The molecule has 5 N–H and O–H groups in total. The van der Waals surface area contributed by atoms with E-state index in [1.54, 1.807) is 37.4 Å². The molecule has 2 aromatic rings. The summed E-state index contributed by atoms with van der Waals surface area (Å²) in [6.45, 7) is 0.475. The van der Waals surface area contributed by atoms with E-state index in [0.29, 0.717) is 49.3 Å². The molecule has 12 nitrogen and oxygen atoms in total. The molecule has 0 aliphatic heterocycles. The number of carboxylic acids is 4. The molecule has 1 aliphatic rings. The predicted molar refractivity (Wildman–Crippen MR) is 225 cm³/mol. The monoisotopic (exact) mass is 863 g/mol. The maximum atomic E-state index is 11.6. The number of benzene rings is 2. The highest BCUT2D eigenvalue weighted by Crippen LogP contribution is 2.32. The zero-order chi connectivity index (χ0) is 42.1. The quantitative estimate of drug-likeness (QED) is 0.0403. The van der Waals surface area contributed by atoms with E-state index in [1.807, 2.05) is 6.07 Å². The maximum absolute atomic E-state index is 11.6. The van der Waals surface area contributed by atoms with Crippen LogP contribution in [0.25, 0.3) is 0 Å². The number of alkyl halides is 1. The van der Waals surface area contributed by atoms with Gasteiger partial charge in [-0.15, -0.1) is 0 Å². The Labute approximate surface area is 347 Å². The van der Waals surface area contributed by atoms with Crippen LogP contribution in [0.1, 0.15) is 168 Å². The first kappa shape index (κ1) is 50.9. The first-order chi connectivity index (χ1) is 27.4. The summed E-state index contributed by atoms with van der Waals surface area (Å²) in [5.74, 6) is -2.20. The highest BCUT2D eigenvalue weighted by atomic mass is 79.9. The second-order valence-corrected chi connectivity index (χ2v) is 15.5. The fourth-order valence-corrected chi connectivity index (χ4v) is 6.56. The molecule has 1 aliphatic carbocycles. The summed E-state index contributed by atoms with van der Waals surface area (Å²) in [6.07, 6.45) is 24.1. The zero-order valence-electron chi connectivity index (χ0n) is 33.8. The van der Waals surface area contributed by atoms with Crippen LogP contribution in [0.2, 0.25) is 0 Å². The zero-order valence-corrected chi connectivity index (χ0v) is 35.4. The van der Waals surface area contributed by atoms with Crippen molar-refractivity contribution in [2.75, 3.05) is 13.7 Å². The molecule has 1 amide bonds. The van der Waals surface area contributed by atoms with Gasteiger partial charge in [0.1, 0.15) is 4.83 Å². The Morgan fingerprint density at radius 3 is 1.54 bits per heavy atom. The minimum absolute atomic E-state index is 0.132. The van der Waals surface area contributed by atoms with Crippen molar-refractivity contribution >= 4 is 45.7 Å². The van der Waals surface area contributed by atoms with E-state index in [9.17, 15) is 24.0 Å². The second kappa shape index (κ2) is 32.9. The molecule has 0 saturated heterocycles. The third-order valence-electron chi connectivity index (χ3n) is 9.51. The number of unbranched alkanes of at least 4 members (excludes halogenated alkanes) is 14. The SMILES string of the molecule is COc1ccc(C(=O)O)cc1OC1CCCC1.O=C(NCCCC(Br)C(=O)O)c1ccccc1.O=C(O)CCCCCCCCCCCCCCCCCC(=O)O. The van der Waals surface area contributed by atoms with Crippen LogP contribution < -0.4 is 14.8 Å². The fraction of sp³-hybridized carbons (Fsp3) is 0.614. The Morgan fingerprint density at radius 1 is 0.649 bits per heavy atom. The average Bonchev–Trinajstić information content (AvgIpc) is 3.71. The standard InChI is InChI=1S/C19H36O4.C13H16O4.C12H14BrNO3/c20-18(21)16-14-12-10-8-6-4-2-1-3-5-7-9-11-13-15-17-19(22)23;1-16-11-7-6-9(13(14)15)8-12(11)17-10-4-2-3-5-10;13-10(12(16)17)7-4-8-14-11(15)9-5-2-1-3-6-9/h1-17H2,(H,20,21)(H,22,23);6-8,10H,2-5H2,1H3,(H,14,15);1-3,5-6,10H,4,7-8H2,(H,14,15)(H,16,17). The second-order valence-electron chi connectivity index (χ2n) is 14.4. The van der Waals surface area contributed by atoms with Gasteiger partial charge in [0.05, 0.1) is 18.8 Å². The van der Waals surface area contributed by atoms with Gasteiger partial charge in [0.25, 0.3) is 5.91 Å². The largest absolute Gasteiger partial charge is 0.493 e. The van der Waals surface area contributed by atoms with Gasteiger partial charge in [-0.25, -0.2) is 4.79 Å². The number of aromatic carboxylic acids is 1. The van der Waals surface area contributed by atoms with Crippen LogP contribution in [-0.2, 0) is 14.4 Å². The lowest BCUT2D eigenvalue weighted by Gasteiger charge is -2.16. The van der Waals surface area contributed by atoms with Crippen molar-refractivity contribution in [2.24, 2.45) is 0 Å². The summed E-state index contributed by atoms with van der Waals surface area (Å²) in [4.78, 5) is 53.1. The minimum atomic E-state index is -0.955. The number of halogens is 1. The Hall–Kier alpha value is -4.13. The number of hydrogen-bond acceptors (Lipinski definition) is 7. The van der Waals surface area contributed by atoms with Crippen molar-refractivity contribution in [3.8, 4) is 11.5 Å². The number of carbonyl (C=O) groups excluding carboxylic acids is 1. The highest BCUT2D eigenvalue weighted by Gasteiger charge is 2.19. The number of ether oxygens (including phenoxy) is 2. The van der Waals surface area contributed by atoms with Gasteiger partial charge in [-0.1, -0.05) is 118 Å². The Balaban J connectivity index is 0.000000434. The van der Waals surface area contributed by atoms with Gasteiger partial charge in [0.15, 0.2) is 11.5 Å². The average molecular weight is 865 g/mol. The molecule has 0 heterocycles. The van der Waals surface area contributed by atoms with Gasteiger partial charge in [0.2, 0.25) is 0 Å². The normalized spacial score (nSPS) is 12.6. The van der Waals surface area contributed by atoms with Gasteiger partial charge in [-0.2, -0.15) is 0 Å². The number of carbonyl (C=O) groups is 5. The van der Waals surface area contributed by atoms with E-state index in [4.69, 9.17) is 29.9 Å². The van der Waals surface area contributed by atoms with E-state index < -0.39 is 28.7 Å².